The summed E-state index contributed by atoms with van der Waals surface area (Å²) in [6.45, 7) is 2.83. The minimum absolute atomic E-state index is 0.0208. The summed E-state index contributed by atoms with van der Waals surface area (Å²) in [7, 11) is 1.57. The lowest BCUT2D eigenvalue weighted by Crippen LogP contribution is -2.24. The van der Waals surface area contributed by atoms with Crippen molar-refractivity contribution in [2.75, 3.05) is 20.3 Å². The summed E-state index contributed by atoms with van der Waals surface area (Å²) in [5.74, 6) is 6.29. The molecule has 0 heterocycles. The number of hydrogen-bond acceptors (Lipinski definition) is 3. The van der Waals surface area contributed by atoms with Crippen LogP contribution in [0.5, 0.6) is 5.75 Å². The molecule has 1 rings (SSSR count). The van der Waals surface area contributed by atoms with Gasteiger partial charge < -0.3 is 15.2 Å². The van der Waals surface area contributed by atoms with Gasteiger partial charge in [0.15, 0.2) is 0 Å². The monoisotopic (exact) mass is 289 g/mol. The van der Waals surface area contributed by atoms with Crippen LogP contribution in [0, 0.1) is 11.8 Å². The normalized spacial score (nSPS) is 9.67. The maximum atomic E-state index is 12.0. The lowest BCUT2D eigenvalue weighted by molar-refractivity contribution is 0.0953. The minimum Gasteiger partial charge on any atom is -0.495 e. The Kier molecular flexibility index (Phi) is 8.00. The van der Waals surface area contributed by atoms with Crippen molar-refractivity contribution in [1.82, 2.24) is 5.32 Å². The largest absolute Gasteiger partial charge is 0.495 e. The van der Waals surface area contributed by atoms with E-state index < -0.39 is 0 Å². The van der Waals surface area contributed by atoms with E-state index in [4.69, 9.17) is 9.84 Å². The SMILES string of the molecule is CCCCCNC(=O)c1ccc(OC)c(C#CCCO)c1. The molecule has 21 heavy (non-hydrogen) atoms. The summed E-state index contributed by atoms with van der Waals surface area (Å²) in [5.41, 5.74) is 1.23. The summed E-state index contributed by atoms with van der Waals surface area (Å²) in [5, 5.41) is 11.7. The Balaban J connectivity index is 2.77. The second-order valence-electron chi connectivity index (χ2n) is 4.65. The van der Waals surface area contributed by atoms with Crippen molar-refractivity contribution in [3.8, 4) is 17.6 Å². The second-order valence-corrected chi connectivity index (χ2v) is 4.65. The summed E-state index contributed by atoms with van der Waals surface area (Å²) in [6.07, 6.45) is 3.63. The van der Waals surface area contributed by atoms with Crippen molar-refractivity contribution < 1.29 is 14.6 Å². The van der Waals surface area contributed by atoms with E-state index in [1.165, 1.54) is 0 Å². The van der Waals surface area contributed by atoms with Crippen LogP contribution in [0.1, 0.15) is 48.5 Å². The number of methoxy groups -OCH3 is 1. The van der Waals surface area contributed by atoms with Gasteiger partial charge in [0.2, 0.25) is 0 Å². The zero-order valence-electron chi connectivity index (χ0n) is 12.7. The molecule has 0 aromatic heterocycles. The minimum atomic E-state index is -0.0982. The van der Waals surface area contributed by atoms with E-state index in [9.17, 15) is 4.79 Å². The Morgan fingerprint density at radius 2 is 2.19 bits per heavy atom. The summed E-state index contributed by atoms with van der Waals surface area (Å²) in [4.78, 5) is 12.0. The molecule has 0 aliphatic carbocycles. The molecule has 4 nitrogen and oxygen atoms in total. The third-order valence-electron chi connectivity index (χ3n) is 2.99. The van der Waals surface area contributed by atoms with E-state index in [1.54, 1.807) is 25.3 Å². The molecule has 114 valence electrons. The van der Waals surface area contributed by atoms with Gasteiger partial charge in [0.1, 0.15) is 5.75 Å². The number of benzene rings is 1. The van der Waals surface area contributed by atoms with Crippen molar-refractivity contribution in [3.05, 3.63) is 29.3 Å². The van der Waals surface area contributed by atoms with E-state index in [0.29, 0.717) is 29.8 Å². The molecule has 1 aromatic rings. The fraction of sp³-hybridized carbons (Fsp3) is 0.471. The summed E-state index contributed by atoms with van der Waals surface area (Å²) >= 11 is 0. The van der Waals surface area contributed by atoms with Gasteiger partial charge in [-0.25, -0.2) is 0 Å². The smallest absolute Gasteiger partial charge is 0.251 e. The molecular weight excluding hydrogens is 266 g/mol. The Labute approximate surface area is 126 Å². The van der Waals surface area contributed by atoms with Crippen LogP contribution < -0.4 is 10.1 Å². The number of hydrogen-bond donors (Lipinski definition) is 2. The number of amides is 1. The predicted octanol–water partition coefficient (Wildman–Crippen LogP) is 2.35. The van der Waals surface area contributed by atoms with Crippen LogP contribution in [-0.4, -0.2) is 31.3 Å². The number of ether oxygens (including phenoxy) is 1. The lowest BCUT2D eigenvalue weighted by atomic mass is 10.1. The number of nitrogens with one attached hydrogen (secondary N) is 1. The third-order valence-corrected chi connectivity index (χ3v) is 2.99. The van der Waals surface area contributed by atoms with Gasteiger partial charge in [-0.05, 0) is 24.6 Å². The van der Waals surface area contributed by atoms with Crippen LogP contribution in [0.3, 0.4) is 0 Å². The highest BCUT2D eigenvalue weighted by Gasteiger charge is 2.08. The third kappa shape index (κ3) is 5.88. The van der Waals surface area contributed by atoms with Crippen LogP contribution in [0.25, 0.3) is 0 Å². The van der Waals surface area contributed by atoms with Gasteiger partial charge in [0.05, 0.1) is 19.3 Å². The van der Waals surface area contributed by atoms with Gasteiger partial charge in [0.25, 0.3) is 5.91 Å². The topological polar surface area (TPSA) is 58.6 Å². The fourth-order valence-electron chi connectivity index (χ4n) is 1.84. The quantitative estimate of drug-likeness (QED) is 0.598. The van der Waals surface area contributed by atoms with Crippen molar-refractivity contribution in [2.45, 2.75) is 32.6 Å². The Morgan fingerprint density at radius 3 is 2.86 bits per heavy atom. The molecule has 0 saturated heterocycles. The van der Waals surface area contributed by atoms with Crippen molar-refractivity contribution >= 4 is 5.91 Å². The second kappa shape index (κ2) is 9.84. The fourth-order valence-corrected chi connectivity index (χ4v) is 1.84. The average molecular weight is 289 g/mol. The van der Waals surface area contributed by atoms with E-state index in [1.807, 2.05) is 0 Å². The highest BCUT2D eigenvalue weighted by Crippen LogP contribution is 2.19. The van der Waals surface area contributed by atoms with E-state index in [2.05, 4.69) is 24.1 Å². The lowest BCUT2D eigenvalue weighted by Gasteiger charge is -2.08. The molecule has 0 spiro atoms. The zero-order chi connectivity index (χ0) is 15.5. The molecular formula is C17H23NO3. The molecule has 0 aliphatic heterocycles. The first-order valence-corrected chi connectivity index (χ1v) is 7.28. The average Bonchev–Trinajstić information content (AvgIpc) is 2.51. The molecule has 0 fully saturated rings. The molecule has 0 unspecified atom stereocenters. The number of carbonyl (C=O) groups is 1. The van der Waals surface area contributed by atoms with Gasteiger partial charge in [-0.1, -0.05) is 31.6 Å². The van der Waals surface area contributed by atoms with E-state index in [-0.39, 0.29) is 12.5 Å². The summed E-state index contributed by atoms with van der Waals surface area (Å²) < 4.78 is 5.23. The van der Waals surface area contributed by atoms with Gasteiger partial charge in [-0.2, -0.15) is 0 Å². The van der Waals surface area contributed by atoms with Crippen molar-refractivity contribution in [3.63, 3.8) is 0 Å². The van der Waals surface area contributed by atoms with Crippen LogP contribution in [-0.2, 0) is 0 Å². The summed E-state index contributed by atoms with van der Waals surface area (Å²) in [6, 6.07) is 5.19. The molecule has 0 atom stereocenters. The van der Waals surface area contributed by atoms with E-state index >= 15 is 0 Å². The Bertz CT molecular complexity index is 515. The first-order chi connectivity index (χ1) is 10.2. The van der Waals surface area contributed by atoms with Crippen LogP contribution in [0.4, 0.5) is 0 Å². The predicted molar refractivity (Wildman–Crippen MR) is 83.4 cm³/mol. The molecule has 0 radical (unpaired) electrons. The van der Waals surface area contributed by atoms with Crippen LogP contribution in [0.2, 0.25) is 0 Å². The molecule has 2 N–H and O–H groups in total. The number of carbonyl (C=O) groups excluding carboxylic acids is 1. The number of aliphatic hydroxyl groups is 1. The van der Waals surface area contributed by atoms with Crippen molar-refractivity contribution in [2.24, 2.45) is 0 Å². The molecule has 4 heteroatoms. The Morgan fingerprint density at radius 1 is 1.38 bits per heavy atom. The number of rotatable bonds is 7. The van der Waals surface area contributed by atoms with Gasteiger partial charge in [0, 0.05) is 18.5 Å². The zero-order valence-corrected chi connectivity index (χ0v) is 12.7. The maximum absolute atomic E-state index is 12.0. The number of unbranched alkanes of at least 4 members (excludes halogenated alkanes) is 2. The maximum Gasteiger partial charge on any atom is 0.251 e. The molecule has 0 saturated carbocycles. The standard InChI is InChI=1S/C17H23NO3/c1-3-4-6-11-18-17(20)15-9-10-16(21-2)14(13-15)8-5-7-12-19/h9-10,13,19H,3-4,6-7,11-12H2,1-2H3,(H,18,20). The first-order valence-electron chi connectivity index (χ1n) is 7.28. The van der Waals surface area contributed by atoms with Gasteiger partial charge >= 0.3 is 0 Å². The highest BCUT2D eigenvalue weighted by atomic mass is 16.5. The highest BCUT2D eigenvalue weighted by molar-refractivity contribution is 5.94. The molecule has 1 aromatic carbocycles. The van der Waals surface area contributed by atoms with Crippen LogP contribution in [0.15, 0.2) is 18.2 Å². The van der Waals surface area contributed by atoms with Gasteiger partial charge in [-0.3, -0.25) is 4.79 Å². The van der Waals surface area contributed by atoms with Crippen LogP contribution >= 0.6 is 0 Å². The Hall–Kier alpha value is -1.99. The first kappa shape index (κ1) is 17.1. The molecule has 0 aliphatic rings. The van der Waals surface area contributed by atoms with Crippen molar-refractivity contribution in [1.29, 1.82) is 0 Å². The number of aliphatic hydroxyl groups excluding tert-OH is 1. The molecule has 0 bridgehead atoms. The molecule has 1 amide bonds. The van der Waals surface area contributed by atoms with E-state index in [0.717, 1.165) is 19.3 Å². The van der Waals surface area contributed by atoms with Gasteiger partial charge in [-0.15, -0.1) is 0 Å².